The summed E-state index contributed by atoms with van der Waals surface area (Å²) in [6, 6.07) is 6.19. The fourth-order valence-electron chi connectivity index (χ4n) is 1.79. The van der Waals surface area contributed by atoms with E-state index >= 15 is 0 Å². The van der Waals surface area contributed by atoms with E-state index in [0.29, 0.717) is 25.2 Å². The van der Waals surface area contributed by atoms with Crippen LogP contribution in [0.1, 0.15) is 26.7 Å². The van der Waals surface area contributed by atoms with E-state index in [1.807, 2.05) is 13.8 Å². The van der Waals surface area contributed by atoms with Crippen LogP contribution < -0.4 is 5.32 Å². The lowest BCUT2D eigenvalue weighted by atomic mass is 10.3. The molecule has 0 bridgehead atoms. The van der Waals surface area contributed by atoms with Crippen LogP contribution in [-0.4, -0.2) is 32.2 Å². The van der Waals surface area contributed by atoms with Gasteiger partial charge in [0, 0.05) is 18.8 Å². The highest BCUT2D eigenvalue weighted by atomic mass is 32.2. The summed E-state index contributed by atoms with van der Waals surface area (Å²) in [6.07, 6.45) is 2.12. The average Bonchev–Trinajstić information content (AvgIpc) is 2.39. The topological polar surface area (TPSA) is 66.5 Å². The van der Waals surface area contributed by atoms with Crippen LogP contribution >= 0.6 is 0 Å². The summed E-state index contributed by atoms with van der Waals surface area (Å²) in [5.74, 6) is 0. The van der Waals surface area contributed by atoms with Crippen LogP contribution in [0, 0.1) is 0 Å². The smallest absolute Gasteiger partial charge is 0.243 e. The summed E-state index contributed by atoms with van der Waals surface area (Å²) < 4.78 is 26.3. The van der Waals surface area contributed by atoms with Crippen LogP contribution in [0.5, 0.6) is 0 Å². The van der Waals surface area contributed by atoms with Crippen molar-refractivity contribution < 1.29 is 13.2 Å². The average molecular weight is 284 g/mol. The first-order valence-electron chi connectivity index (χ1n) is 6.36. The maximum Gasteiger partial charge on any atom is 0.243 e. The molecule has 0 spiro atoms. The van der Waals surface area contributed by atoms with Gasteiger partial charge in [0.15, 0.2) is 0 Å². The minimum absolute atomic E-state index is 0.255. The standard InChI is InChI=1S/C13H20N2O3S/c1-3-9-15(10-4-2)19(17,18)13-7-5-12(6-8-13)14-11-16/h5-8,11H,3-4,9-10H2,1-2H3,(H,14,16). The van der Waals surface area contributed by atoms with Crippen molar-refractivity contribution in [2.24, 2.45) is 0 Å². The Bertz CT molecular complexity index is 491. The van der Waals surface area contributed by atoms with Crippen LogP contribution in [0.25, 0.3) is 0 Å². The van der Waals surface area contributed by atoms with E-state index in [2.05, 4.69) is 5.32 Å². The van der Waals surface area contributed by atoms with Gasteiger partial charge in [-0.25, -0.2) is 8.42 Å². The minimum Gasteiger partial charge on any atom is -0.329 e. The second-order valence-corrected chi connectivity index (χ2v) is 6.13. The molecule has 1 rings (SSSR count). The van der Waals surface area contributed by atoms with Gasteiger partial charge in [-0.1, -0.05) is 13.8 Å². The van der Waals surface area contributed by atoms with E-state index in [4.69, 9.17) is 0 Å². The number of rotatable bonds is 8. The van der Waals surface area contributed by atoms with Gasteiger partial charge in [0.1, 0.15) is 0 Å². The molecular weight excluding hydrogens is 264 g/mol. The van der Waals surface area contributed by atoms with Crippen LogP contribution in [0.3, 0.4) is 0 Å². The molecule has 19 heavy (non-hydrogen) atoms. The quantitative estimate of drug-likeness (QED) is 0.743. The SMILES string of the molecule is CCCN(CCC)S(=O)(=O)c1ccc(NC=O)cc1. The fraction of sp³-hybridized carbons (Fsp3) is 0.462. The monoisotopic (exact) mass is 284 g/mol. The van der Waals surface area contributed by atoms with Gasteiger partial charge in [-0.15, -0.1) is 0 Å². The molecule has 1 N–H and O–H groups in total. The zero-order valence-corrected chi connectivity index (χ0v) is 12.1. The number of amides is 1. The first kappa shape index (κ1) is 15.7. The molecule has 0 heterocycles. The number of benzene rings is 1. The molecule has 1 aromatic rings. The lowest BCUT2D eigenvalue weighted by Gasteiger charge is -2.21. The summed E-state index contributed by atoms with van der Waals surface area (Å²) in [7, 11) is -3.44. The highest BCUT2D eigenvalue weighted by Crippen LogP contribution is 2.18. The number of nitrogens with one attached hydrogen (secondary N) is 1. The van der Waals surface area contributed by atoms with Crippen molar-refractivity contribution >= 4 is 22.1 Å². The first-order chi connectivity index (χ1) is 9.06. The largest absolute Gasteiger partial charge is 0.329 e. The Labute approximate surface area is 114 Å². The van der Waals surface area contributed by atoms with Crippen molar-refractivity contribution in [2.45, 2.75) is 31.6 Å². The molecule has 1 aromatic carbocycles. The van der Waals surface area contributed by atoms with Crippen molar-refractivity contribution in [3.63, 3.8) is 0 Å². The van der Waals surface area contributed by atoms with Crippen molar-refractivity contribution in [1.82, 2.24) is 4.31 Å². The molecule has 0 unspecified atom stereocenters. The van der Waals surface area contributed by atoms with E-state index in [-0.39, 0.29) is 4.90 Å². The summed E-state index contributed by atoms with van der Waals surface area (Å²) in [5.41, 5.74) is 0.575. The minimum atomic E-state index is -3.44. The summed E-state index contributed by atoms with van der Waals surface area (Å²) in [6.45, 7) is 4.94. The molecule has 0 radical (unpaired) electrons. The molecule has 0 saturated heterocycles. The van der Waals surface area contributed by atoms with Crippen LogP contribution in [0.4, 0.5) is 5.69 Å². The molecule has 1 amide bonds. The second kappa shape index (κ2) is 7.25. The van der Waals surface area contributed by atoms with Gasteiger partial charge < -0.3 is 5.32 Å². The molecule has 0 atom stereocenters. The maximum atomic E-state index is 12.4. The Hall–Kier alpha value is -1.40. The summed E-state index contributed by atoms with van der Waals surface area (Å²) in [4.78, 5) is 10.6. The Morgan fingerprint density at radius 2 is 1.63 bits per heavy atom. The van der Waals surface area contributed by atoms with E-state index in [0.717, 1.165) is 12.8 Å². The summed E-state index contributed by atoms with van der Waals surface area (Å²) in [5, 5.41) is 2.48. The number of hydrogen-bond acceptors (Lipinski definition) is 3. The van der Waals surface area contributed by atoms with E-state index < -0.39 is 10.0 Å². The summed E-state index contributed by atoms with van der Waals surface area (Å²) >= 11 is 0. The van der Waals surface area contributed by atoms with E-state index in [9.17, 15) is 13.2 Å². The predicted molar refractivity (Wildman–Crippen MR) is 75.5 cm³/mol. The van der Waals surface area contributed by atoms with Gasteiger partial charge in [0.05, 0.1) is 4.90 Å². The van der Waals surface area contributed by atoms with Gasteiger partial charge in [-0.05, 0) is 37.1 Å². The van der Waals surface area contributed by atoms with Gasteiger partial charge >= 0.3 is 0 Å². The van der Waals surface area contributed by atoms with Gasteiger partial charge in [-0.3, -0.25) is 4.79 Å². The predicted octanol–water partition coefficient (Wildman–Crippen LogP) is 2.07. The first-order valence-corrected chi connectivity index (χ1v) is 7.80. The van der Waals surface area contributed by atoms with E-state index in [1.54, 1.807) is 12.1 Å². The number of hydrogen-bond donors (Lipinski definition) is 1. The molecule has 6 heteroatoms. The molecular formula is C13H20N2O3S. The number of carbonyl (C=O) groups excluding carboxylic acids is 1. The van der Waals surface area contributed by atoms with Crippen molar-refractivity contribution in [2.75, 3.05) is 18.4 Å². The van der Waals surface area contributed by atoms with Gasteiger partial charge in [0.25, 0.3) is 0 Å². The molecule has 5 nitrogen and oxygen atoms in total. The molecule has 0 aromatic heterocycles. The Morgan fingerprint density at radius 3 is 2.05 bits per heavy atom. The van der Waals surface area contributed by atoms with Gasteiger partial charge in [0.2, 0.25) is 16.4 Å². The molecule has 0 aliphatic carbocycles. The Morgan fingerprint density at radius 1 is 1.11 bits per heavy atom. The Balaban J connectivity index is 2.99. The number of sulfonamides is 1. The third kappa shape index (κ3) is 4.04. The van der Waals surface area contributed by atoms with Crippen molar-refractivity contribution in [1.29, 1.82) is 0 Å². The van der Waals surface area contributed by atoms with Crippen LogP contribution in [0.2, 0.25) is 0 Å². The van der Waals surface area contributed by atoms with E-state index in [1.165, 1.54) is 16.4 Å². The highest BCUT2D eigenvalue weighted by molar-refractivity contribution is 7.89. The van der Waals surface area contributed by atoms with Crippen LogP contribution in [0.15, 0.2) is 29.2 Å². The maximum absolute atomic E-state index is 12.4. The molecule has 0 fully saturated rings. The highest BCUT2D eigenvalue weighted by Gasteiger charge is 2.22. The van der Waals surface area contributed by atoms with Gasteiger partial charge in [-0.2, -0.15) is 4.31 Å². The number of anilines is 1. The molecule has 0 aliphatic rings. The van der Waals surface area contributed by atoms with Crippen LogP contribution in [-0.2, 0) is 14.8 Å². The molecule has 106 valence electrons. The van der Waals surface area contributed by atoms with Crippen molar-refractivity contribution in [3.8, 4) is 0 Å². The number of carbonyl (C=O) groups is 1. The lowest BCUT2D eigenvalue weighted by molar-refractivity contribution is -0.105. The molecule has 0 saturated carbocycles. The van der Waals surface area contributed by atoms with Crippen molar-refractivity contribution in [3.05, 3.63) is 24.3 Å². The Kier molecular flexibility index (Phi) is 5.98. The zero-order valence-electron chi connectivity index (χ0n) is 11.3. The normalized spacial score (nSPS) is 11.5. The number of nitrogens with zero attached hydrogens (tertiary/aromatic N) is 1. The zero-order chi connectivity index (χ0) is 14.3. The lowest BCUT2D eigenvalue weighted by Crippen LogP contribution is -2.32. The third-order valence-corrected chi connectivity index (χ3v) is 4.58. The fourth-order valence-corrected chi connectivity index (χ4v) is 3.42. The third-order valence-electron chi connectivity index (χ3n) is 2.66. The second-order valence-electron chi connectivity index (χ2n) is 4.19. The molecule has 0 aliphatic heterocycles.